The molecule has 0 saturated heterocycles. The molecule has 0 heterocycles. The molecule has 3 aromatic carbocycles. The molecular formula is C17H13N3O5S. The molecule has 0 saturated carbocycles. The number of azo groups is 1. The third-order valence-electron chi connectivity index (χ3n) is 3.68. The van der Waals surface area contributed by atoms with Gasteiger partial charge in [0, 0.05) is 16.5 Å². The second-order valence-corrected chi connectivity index (χ2v) is 6.83. The molecule has 0 unspecified atom stereocenters. The Bertz CT molecular complexity index is 1140. The quantitative estimate of drug-likeness (QED) is 0.362. The van der Waals surface area contributed by atoms with E-state index in [2.05, 4.69) is 10.2 Å². The summed E-state index contributed by atoms with van der Waals surface area (Å²) in [4.78, 5) is 10.6. The summed E-state index contributed by atoms with van der Waals surface area (Å²) >= 11 is 0. The van der Waals surface area contributed by atoms with Gasteiger partial charge in [0.25, 0.3) is 10.1 Å². The molecule has 0 radical (unpaired) electrons. The molecule has 8 nitrogen and oxygen atoms in total. The lowest BCUT2D eigenvalue weighted by molar-refractivity contribution is 0.0697. The summed E-state index contributed by atoms with van der Waals surface area (Å²) in [7, 11) is -4.35. The fourth-order valence-electron chi connectivity index (χ4n) is 2.36. The molecule has 0 aromatic heterocycles. The van der Waals surface area contributed by atoms with E-state index >= 15 is 0 Å². The van der Waals surface area contributed by atoms with Crippen molar-refractivity contribution in [3.8, 4) is 0 Å². The molecule has 0 aliphatic rings. The van der Waals surface area contributed by atoms with E-state index in [1.54, 1.807) is 12.1 Å². The first-order chi connectivity index (χ1) is 12.3. The van der Waals surface area contributed by atoms with Crippen molar-refractivity contribution < 1.29 is 22.9 Å². The summed E-state index contributed by atoms with van der Waals surface area (Å²) in [6, 6.07) is 13.0. The first-order valence-corrected chi connectivity index (χ1v) is 8.74. The Kier molecular flexibility index (Phi) is 4.41. The SMILES string of the molecule is Nc1ccc(N=Nc2ccc(C(=O)O)cc2)c2ccc(S(=O)(=O)O)cc12. The summed E-state index contributed by atoms with van der Waals surface area (Å²) in [5.74, 6) is -1.03. The monoisotopic (exact) mass is 371 g/mol. The molecule has 26 heavy (non-hydrogen) atoms. The van der Waals surface area contributed by atoms with Gasteiger partial charge in [0.15, 0.2) is 0 Å². The van der Waals surface area contributed by atoms with Gasteiger partial charge in [-0.2, -0.15) is 13.5 Å². The summed E-state index contributed by atoms with van der Waals surface area (Å²) < 4.78 is 31.7. The van der Waals surface area contributed by atoms with E-state index in [0.29, 0.717) is 27.8 Å². The van der Waals surface area contributed by atoms with Crippen LogP contribution in [0.2, 0.25) is 0 Å². The van der Waals surface area contributed by atoms with Gasteiger partial charge in [-0.1, -0.05) is 6.07 Å². The number of carboxylic acids is 1. The summed E-state index contributed by atoms with van der Waals surface area (Å²) in [6.45, 7) is 0. The number of anilines is 1. The fraction of sp³-hybridized carbons (Fsp3) is 0. The first kappa shape index (κ1) is 17.5. The molecule has 0 spiro atoms. The highest BCUT2D eigenvalue weighted by Crippen LogP contribution is 2.33. The zero-order chi connectivity index (χ0) is 18.9. The van der Waals surface area contributed by atoms with Gasteiger partial charge in [0.05, 0.1) is 21.8 Å². The van der Waals surface area contributed by atoms with Gasteiger partial charge in [-0.3, -0.25) is 4.55 Å². The maximum Gasteiger partial charge on any atom is 0.335 e. The van der Waals surface area contributed by atoms with Crippen LogP contribution >= 0.6 is 0 Å². The van der Waals surface area contributed by atoms with Crippen molar-refractivity contribution in [3.05, 3.63) is 60.2 Å². The number of rotatable bonds is 4. The van der Waals surface area contributed by atoms with Gasteiger partial charge in [0.2, 0.25) is 0 Å². The van der Waals surface area contributed by atoms with Crippen LogP contribution in [-0.4, -0.2) is 24.0 Å². The van der Waals surface area contributed by atoms with Crippen LogP contribution in [0.25, 0.3) is 10.8 Å². The van der Waals surface area contributed by atoms with Gasteiger partial charge in [-0.05, 0) is 48.5 Å². The van der Waals surface area contributed by atoms with Crippen molar-refractivity contribution in [2.75, 3.05) is 5.73 Å². The van der Waals surface area contributed by atoms with Crippen molar-refractivity contribution in [1.82, 2.24) is 0 Å². The van der Waals surface area contributed by atoms with E-state index in [1.807, 2.05) is 0 Å². The number of aromatic carboxylic acids is 1. The van der Waals surface area contributed by atoms with Crippen molar-refractivity contribution in [2.24, 2.45) is 10.2 Å². The predicted molar refractivity (Wildman–Crippen MR) is 95.8 cm³/mol. The Labute approximate surface area is 148 Å². The molecule has 0 bridgehead atoms. The molecular weight excluding hydrogens is 358 g/mol. The molecule has 0 fully saturated rings. The third kappa shape index (κ3) is 3.53. The highest BCUT2D eigenvalue weighted by Gasteiger charge is 2.12. The van der Waals surface area contributed by atoms with E-state index in [-0.39, 0.29) is 10.5 Å². The standard InChI is InChI=1S/C17H13N3O5S/c18-15-7-8-16(13-6-5-12(9-14(13)15)26(23,24)25)20-19-11-3-1-10(2-4-11)17(21)22/h1-9H,18H2,(H,21,22)(H,23,24,25). The zero-order valence-corrected chi connectivity index (χ0v) is 14.0. The van der Waals surface area contributed by atoms with Crippen molar-refractivity contribution in [1.29, 1.82) is 0 Å². The van der Waals surface area contributed by atoms with E-state index in [4.69, 9.17) is 15.4 Å². The molecule has 0 atom stereocenters. The largest absolute Gasteiger partial charge is 0.478 e. The average Bonchev–Trinajstić information content (AvgIpc) is 2.60. The lowest BCUT2D eigenvalue weighted by atomic mass is 10.1. The second kappa shape index (κ2) is 6.54. The molecule has 0 aliphatic carbocycles. The number of nitrogens with zero attached hydrogens (tertiary/aromatic N) is 2. The Morgan fingerprint density at radius 2 is 1.62 bits per heavy atom. The normalized spacial score (nSPS) is 11.9. The van der Waals surface area contributed by atoms with Gasteiger partial charge < -0.3 is 10.8 Å². The highest BCUT2D eigenvalue weighted by molar-refractivity contribution is 7.85. The Morgan fingerprint density at radius 1 is 0.923 bits per heavy atom. The number of nitrogens with two attached hydrogens (primary N) is 1. The van der Waals surface area contributed by atoms with E-state index in [1.165, 1.54) is 42.5 Å². The Morgan fingerprint density at radius 3 is 2.23 bits per heavy atom. The van der Waals surface area contributed by atoms with E-state index in [9.17, 15) is 13.2 Å². The molecule has 3 rings (SSSR count). The lowest BCUT2D eigenvalue weighted by Gasteiger charge is -2.06. The summed E-state index contributed by atoms with van der Waals surface area (Å²) in [5.41, 5.74) is 7.25. The van der Waals surface area contributed by atoms with Crippen LogP contribution in [0, 0.1) is 0 Å². The first-order valence-electron chi connectivity index (χ1n) is 7.30. The minimum absolute atomic E-state index is 0.139. The van der Waals surface area contributed by atoms with Gasteiger partial charge in [-0.25, -0.2) is 4.79 Å². The summed E-state index contributed by atoms with van der Waals surface area (Å²) in [6.07, 6.45) is 0. The molecule has 0 amide bonds. The van der Waals surface area contributed by atoms with Crippen LogP contribution in [0.5, 0.6) is 0 Å². The zero-order valence-electron chi connectivity index (χ0n) is 13.2. The number of hydrogen-bond acceptors (Lipinski definition) is 6. The number of benzene rings is 3. The number of carboxylic acid groups (broad SMARTS) is 1. The van der Waals surface area contributed by atoms with Gasteiger partial charge in [0.1, 0.15) is 0 Å². The van der Waals surface area contributed by atoms with Crippen molar-refractivity contribution in [3.63, 3.8) is 0 Å². The van der Waals surface area contributed by atoms with E-state index in [0.717, 1.165) is 0 Å². The average molecular weight is 371 g/mol. The number of nitrogen functional groups attached to an aromatic ring is 1. The minimum atomic E-state index is -4.35. The number of carbonyl (C=O) groups is 1. The molecule has 3 aromatic rings. The van der Waals surface area contributed by atoms with Crippen LogP contribution in [0.1, 0.15) is 10.4 Å². The minimum Gasteiger partial charge on any atom is -0.478 e. The Hall–Kier alpha value is -3.30. The van der Waals surface area contributed by atoms with Gasteiger partial charge in [-0.15, -0.1) is 5.11 Å². The van der Waals surface area contributed by atoms with Crippen molar-refractivity contribution in [2.45, 2.75) is 4.90 Å². The molecule has 0 aliphatic heterocycles. The maximum atomic E-state index is 11.3. The molecule has 9 heteroatoms. The van der Waals surface area contributed by atoms with Crippen molar-refractivity contribution >= 4 is 43.9 Å². The maximum absolute atomic E-state index is 11.3. The second-order valence-electron chi connectivity index (χ2n) is 5.41. The fourth-order valence-corrected chi connectivity index (χ4v) is 2.87. The number of fused-ring (bicyclic) bond motifs is 1. The van der Waals surface area contributed by atoms with Gasteiger partial charge >= 0.3 is 5.97 Å². The third-order valence-corrected chi connectivity index (χ3v) is 4.53. The number of hydrogen-bond donors (Lipinski definition) is 3. The van der Waals surface area contributed by atoms with Crippen LogP contribution in [0.15, 0.2) is 69.7 Å². The predicted octanol–water partition coefficient (Wildman–Crippen LogP) is 3.78. The van der Waals surface area contributed by atoms with E-state index < -0.39 is 16.1 Å². The molecule has 4 N–H and O–H groups in total. The van der Waals surface area contributed by atoms with Crippen LogP contribution < -0.4 is 5.73 Å². The molecule has 132 valence electrons. The Balaban J connectivity index is 2.02. The smallest absolute Gasteiger partial charge is 0.335 e. The van der Waals surface area contributed by atoms with Crippen LogP contribution in [0.3, 0.4) is 0 Å². The van der Waals surface area contributed by atoms with Crippen LogP contribution in [-0.2, 0) is 10.1 Å². The highest BCUT2D eigenvalue weighted by atomic mass is 32.2. The summed E-state index contributed by atoms with van der Waals surface area (Å²) in [5, 5.41) is 18.0. The van der Waals surface area contributed by atoms with Crippen LogP contribution in [0.4, 0.5) is 17.1 Å². The topological polar surface area (TPSA) is 142 Å². The lowest BCUT2D eigenvalue weighted by Crippen LogP contribution is -1.98.